The van der Waals surface area contributed by atoms with Crippen LogP contribution in [0, 0.1) is 17.8 Å². The first-order valence-electron chi connectivity index (χ1n) is 6.14. The predicted octanol–water partition coefficient (Wildman–Crippen LogP) is 1.65. The molecule has 16 heavy (non-hydrogen) atoms. The SMILES string of the molecule is CC1CN(C(=O)C(C)C2CC2)CCC1N.Cl. The lowest BCUT2D eigenvalue weighted by molar-refractivity contribution is -0.137. The topological polar surface area (TPSA) is 46.3 Å². The lowest BCUT2D eigenvalue weighted by Crippen LogP contribution is -2.49. The molecule has 0 spiro atoms. The van der Waals surface area contributed by atoms with Crippen molar-refractivity contribution in [3.05, 3.63) is 0 Å². The van der Waals surface area contributed by atoms with E-state index in [2.05, 4.69) is 13.8 Å². The number of nitrogens with zero attached hydrogens (tertiary/aromatic N) is 1. The molecule has 0 bridgehead atoms. The monoisotopic (exact) mass is 246 g/mol. The molecule has 1 saturated heterocycles. The van der Waals surface area contributed by atoms with Gasteiger partial charge in [-0.05, 0) is 31.1 Å². The van der Waals surface area contributed by atoms with Crippen molar-refractivity contribution in [2.75, 3.05) is 13.1 Å². The summed E-state index contributed by atoms with van der Waals surface area (Å²) in [5.41, 5.74) is 5.95. The van der Waals surface area contributed by atoms with E-state index in [-0.39, 0.29) is 24.4 Å². The van der Waals surface area contributed by atoms with Gasteiger partial charge in [0.15, 0.2) is 0 Å². The second-order valence-corrected chi connectivity index (χ2v) is 5.34. The number of hydrogen-bond donors (Lipinski definition) is 1. The summed E-state index contributed by atoms with van der Waals surface area (Å²) in [7, 11) is 0. The fourth-order valence-electron chi connectivity index (χ4n) is 2.45. The fourth-order valence-corrected chi connectivity index (χ4v) is 2.45. The highest BCUT2D eigenvalue weighted by atomic mass is 35.5. The normalized spacial score (nSPS) is 31.8. The summed E-state index contributed by atoms with van der Waals surface area (Å²) in [4.78, 5) is 14.1. The van der Waals surface area contributed by atoms with Gasteiger partial charge in [-0.2, -0.15) is 0 Å². The number of hydrogen-bond acceptors (Lipinski definition) is 2. The van der Waals surface area contributed by atoms with Crippen molar-refractivity contribution in [3.8, 4) is 0 Å². The average Bonchev–Trinajstić information content (AvgIpc) is 3.03. The summed E-state index contributed by atoms with van der Waals surface area (Å²) in [5.74, 6) is 1.72. The second kappa shape index (κ2) is 5.37. The van der Waals surface area contributed by atoms with Gasteiger partial charge >= 0.3 is 0 Å². The van der Waals surface area contributed by atoms with Crippen LogP contribution in [0.3, 0.4) is 0 Å². The Bertz CT molecular complexity index is 255. The van der Waals surface area contributed by atoms with Crippen molar-refractivity contribution in [3.63, 3.8) is 0 Å². The molecule has 2 fully saturated rings. The Morgan fingerprint density at radius 3 is 2.50 bits per heavy atom. The largest absolute Gasteiger partial charge is 0.342 e. The van der Waals surface area contributed by atoms with Gasteiger partial charge in [0.25, 0.3) is 0 Å². The van der Waals surface area contributed by atoms with Crippen LogP contribution < -0.4 is 5.73 Å². The van der Waals surface area contributed by atoms with Crippen LogP contribution >= 0.6 is 12.4 Å². The molecule has 1 aliphatic carbocycles. The number of rotatable bonds is 2. The average molecular weight is 247 g/mol. The summed E-state index contributed by atoms with van der Waals surface area (Å²) in [6, 6.07) is 0.283. The van der Waals surface area contributed by atoms with Gasteiger partial charge in [-0.15, -0.1) is 12.4 Å². The number of piperidine rings is 1. The van der Waals surface area contributed by atoms with Gasteiger partial charge in [0.1, 0.15) is 0 Å². The van der Waals surface area contributed by atoms with Crippen molar-refractivity contribution in [1.82, 2.24) is 4.90 Å². The Morgan fingerprint density at radius 1 is 1.38 bits per heavy atom. The molecule has 2 rings (SSSR count). The van der Waals surface area contributed by atoms with Crippen LogP contribution in [0.5, 0.6) is 0 Å². The third kappa shape index (κ3) is 2.89. The first-order valence-corrected chi connectivity index (χ1v) is 6.14. The molecule has 0 aromatic carbocycles. The molecule has 3 unspecified atom stereocenters. The minimum Gasteiger partial charge on any atom is -0.342 e. The van der Waals surface area contributed by atoms with Gasteiger partial charge in [-0.3, -0.25) is 4.79 Å². The van der Waals surface area contributed by atoms with E-state index in [4.69, 9.17) is 5.73 Å². The van der Waals surface area contributed by atoms with Crippen LogP contribution in [0.15, 0.2) is 0 Å². The van der Waals surface area contributed by atoms with Crippen LogP contribution in [0.25, 0.3) is 0 Å². The molecule has 1 saturated carbocycles. The van der Waals surface area contributed by atoms with Gasteiger partial charge in [-0.25, -0.2) is 0 Å². The number of carbonyl (C=O) groups excluding carboxylic acids is 1. The van der Waals surface area contributed by atoms with E-state index in [9.17, 15) is 4.79 Å². The first-order chi connectivity index (χ1) is 7.09. The molecule has 0 radical (unpaired) electrons. The van der Waals surface area contributed by atoms with E-state index >= 15 is 0 Å². The summed E-state index contributed by atoms with van der Waals surface area (Å²) >= 11 is 0. The third-order valence-electron chi connectivity index (χ3n) is 4.00. The van der Waals surface area contributed by atoms with Crippen LogP contribution in [0.4, 0.5) is 0 Å². The highest BCUT2D eigenvalue weighted by molar-refractivity contribution is 5.85. The maximum Gasteiger partial charge on any atom is 0.225 e. The standard InChI is InChI=1S/C12H22N2O.ClH/c1-8-7-14(6-5-11(8)13)12(15)9(2)10-3-4-10;/h8-11H,3-7,13H2,1-2H3;1H. The number of likely N-dealkylation sites (tertiary alicyclic amines) is 1. The van der Waals surface area contributed by atoms with E-state index < -0.39 is 0 Å². The molecule has 0 aromatic rings. The second-order valence-electron chi connectivity index (χ2n) is 5.34. The number of halogens is 1. The lowest BCUT2D eigenvalue weighted by Gasteiger charge is -2.36. The molecule has 2 N–H and O–H groups in total. The molecule has 1 heterocycles. The van der Waals surface area contributed by atoms with Crippen molar-refractivity contribution >= 4 is 18.3 Å². The Balaban J connectivity index is 0.00000128. The van der Waals surface area contributed by atoms with Crippen molar-refractivity contribution < 1.29 is 4.79 Å². The zero-order chi connectivity index (χ0) is 11.0. The van der Waals surface area contributed by atoms with Gasteiger partial charge in [0.2, 0.25) is 5.91 Å². The van der Waals surface area contributed by atoms with Crippen LogP contribution in [0.1, 0.15) is 33.1 Å². The lowest BCUT2D eigenvalue weighted by atomic mass is 9.93. The highest BCUT2D eigenvalue weighted by Crippen LogP contribution is 2.37. The van der Waals surface area contributed by atoms with E-state index in [1.165, 1.54) is 12.8 Å². The quantitative estimate of drug-likeness (QED) is 0.806. The summed E-state index contributed by atoms with van der Waals surface area (Å²) in [6.45, 7) is 5.95. The van der Waals surface area contributed by atoms with Crippen LogP contribution in [-0.4, -0.2) is 29.9 Å². The summed E-state index contributed by atoms with van der Waals surface area (Å²) < 4.78 is 0. The Morgan fingerprint density at radius 2 is 2.00 bits per heavy atom. The van der Waals surface area contributed by atoms with E-state index in [0.717, 1.165) is 19.5 Å². The number of amides is 1. The van der Waals surface area contributed by atoms with Gasteiger partial charge < -0.3 is 10.6 Å². The van der Waals surface area contributed by atoms with Crippen molar-refractivity contribution in [1.29, 1.82) is 0 Å². The first kappa shape index (κ1) is 13.8. The van der Waals surface area contributed by atoms with E-state index in [0.29, 0.717) is 17.7 Å². The molecule has 2 aliphatic rings. The van der Waals surface area contributed by atoms with E-state index in [1.807, 2.05) is 4.90 Å². The van der Waals surface area contributed by atoms with Gasteiger partial charge in [0, 0.05) is 25.0 Å². The predicted molar refractivity (Wildman–Crippen MR) is 67.5 cm³/mol. The fraction of sp³-hybridized carbons (Fsp3) is 0.917. The molecule has 0 aromatic heterocycles. The maximum atomic E-state index is 12.1. The summed E-state index contributed by atoms with van der Waals surface area (Å²) in [6.07, 6.45) is 3.45. The summed E-state index contributed by atoms with van der Waals surface area (Å²) in [5, 5.41) is 0. The Kier molecular flexibility index (Phi) is 4.62. The number of carbonyl (C=O) groups is 1. The third-order valence-corrected chi connectivity index (χ3v) is 4.00. The Hall–Kier alpha value is -0.280. The highest BCUT2D eigenvalue weighted by Gasteiger charge is 2.36. The zero-order valence-electron chi connectivity index (χ0n) is 10.2. The van der Waals surface area contributed by atoms with Gasteiger partial charge in [-0.1, -0.05) is 13.8 Å². The minimum atomic E-state index is 0. The maximum absolute atomic E-state index is 12.1. The van der Waals surface area contributed by atoms with Crippen LogP contribution in [0.2, 0.25) is 0 Å². The molecule has 1 aliphatic heterocycles. The van der Waals surface area contributed by atoms with E-state index in [1.54, 1.807) is 0 Å². The minimum absolute atomic E-state index is 0. The zero-order valence-corrected chi connectivity index (χ0v) is 11.0. The molecule has 3 atom stereocenters. The molecule has 94 valence electrons. The molecular formula is C12H23ClN2O. The molecular weight excluding hydrogens is 224 g/mol. The molecule has 3 nitrogen and oxygen atoms in total. The molecule has 4 heteroatoms. The smallest absolute Gasteiger partial charge is 0.225 e. The van der Waals surface area contributed by atoms with Crippen molar-refractivity contribution in [2.45, 2.75) is 39.2 Å². The number of nitrogens with two attached hydrogens (primary N) is 1. The van der Waals surface area contributed by atoms with Crippen molar-refractivity contribution in [2.24, 2.45) is 23.5 Å². The van der Waals surface area contributed by atoms with Crippen LogP contribution in [-0.2, 0) is 4.79 Å². The van der Waals surface area contributed by atoms with Gasteiger partial charge in [0.05, 0.1) is 0 Å². The molecule has 1 amide bonds. The Labute approximate surface area is 104 Å².